The third-order valence-corrected chi connectivity index (χ3v) is 6.46. The largest absolute Gasteiger partial charge is 0.494 e. The van der Waals surface area contributed by atoms with E-state index in [1.165, 1.54) is 32.1 Å². The second kappa shape index (κ2) is 11.6. The van der Waals surface area contributed by atoms with Crippen LogP contribution in [0.2, 0.25) is 0 Å². The Bertz CT molecular complexity index is 534. The van der Waals surface area contributed by atoms with Crippen molar-refractivity contribution in [1.29, 1.82) is 0 Å². The zero-order chi connectivity index (χ0) is 20.4. The number of hydrogen-bond donors (Lipinski definition) is 1. The van der Waals surface area contributed by atoms with Gasteiger partial charge in [0, 0.05) is 6.42 Å². The summed E-state index contributed by atoms with van der Waals surface area (Å²) in [6.45, 7) is 2.97. The Hall–Kier alpha value is -1.39. The molecule has 1 saturated carbocycles. The molecule has 28 heavy (non-hydrogen) atoms. The number of carbonyl (C=O) groups is 1. The Morgan fingerprint density at radius 2 is 1.89 bits per heavy atom. The molecule has 1 fully saturated rings. The minimum atomic E-state index is -2.56. The van der Waals surface area contributed by atoms with E-state index in [1.807, 2.05) is 6.08 Å². The Balaban J connectivity index is 1.69. The predicted molar refractivity (Wildman–Crippen MR) is 107 cm³/mol. The minimum Gasteiger partial charge on any atom is -0.494 e. The van der Waals surface area contributed by atoms with Crippen molar-refractivity contribution < 1.29 is 23.4 Å². The molecule has 2 rings (SSSR count). The van der Waals surface area contributed by atoms with Crippen LogP contribution in [-0.4, -0.2) is 24.1 Å². The van der Waals surface area contributed by atoms with Crippen LogP contribution in [0, 0.1) is 17.3 Å². The monoisotopic (exact) mass is 398 g/mol. The zero-order valence-corrected chi connectivity index (χ0v) is 17.2. The maximum absolute atomic E-state index is 12.8. The molecule has 0 aromatic carbocycles. The molecule has 0 bridgehead atoms. The number of carboxylic acid groups (broad SMARTS) is 1. The predicted octanol–water partition coefficient (Wildman–Crippen LogP) is 6.74. The summed E-state index contributed by atoms with van der Waals surface area (Å²) in [4.78, 5) is 11.6. The van der Waals surface area contributed by atoms with Crippen molar-refractivity contribution in [2.75, 3.05) is 6.61 Å². The minimum absolute atomic E-state index is 0.354. The van der Waals surface area contributed by atoms with E-state index in [2.05, 4.69) is 19.1 Å². The van der Waals surface area contributed by atoms with Crippen LogP contribution in [-0.2, 0) is 9.53 Å². The van der Waals surface area contributed by atoms with Crippen LogP contribution >= 0.6 is 0 Å². The number of ether oxygens (including phenoxy) is 1. The van der Waals surface area contributed by atoms with E-state index in [9.17, 15) is 18.7 Å². The molecular weight excluding hydrogens is 362 g/mol. The molecule has 0 radical (unpaired) electrons. The average molecular weight is 399 g/mol. The fourth-order valence-electron chi connectivity index (χ4n) is 4.57. The van der Waals surface area contributed by atoms with E-state index in [0.29, 0.717) is 37.5 Å². The van der Waals surface area contributed by atoms with Crippen molar-refractivity contribution in [1.82, 2.24) is 0 Å². The number of carboxylic acids is 1. The number of alkyl halides is 2. The van der Waals surface area contributed by atoms with Gasteiger partial charge in [-0.15, -0.1) is 0 Å². The number of halogens is 2. The number of allylic oxidation sites excluding steroid dienone is 3. The van der Waals surface area contributed by atoms with E-state index in [4.69, 9.17) is 4.74 Å². The average Bonchev–Trinajstić information content (AvgIpc) is 2.68. The van der Waals surface area contributed by atoms with Gasteiger partial charge in [-0.25, -0.2) is 8.78 Å². The fourth-order valence-corrected chi connectivity index (χ4v) is 4.57. The summed E-state index contributed by atoms with van der Waals surface area (Å²) in [5, 5.41) is 9.46. The third kappa shape index (κ3) is 6.89. The van der Waals surface area contributed by atoms with Crippen molar-refractivity contribution in [2.45, 2.75) is 90.4 Å². The Morgan fingerprint density at radius 1 is 1.21 bits per heavy atom. The Labute approximate surface area is 168 Å². The van der Waals surface area contributed by atoms with Gasteiger partial charge in [-0.05, 0) is 62.5 Å². The van der Waals surface area contributed by atoms with E-state index >= 15 is 0 Å². The number of aliphatic carboxylic acids is 1. The van der Waals surface area contributed by atoms with Gasteiger partial charge >= 0.3 is 5.97 Å². The van der Waals surface area contributed by atoms with E-state index in [-0.39, 0.29) is 0 Å². The molecule has 0 heterocycles. The second-order valence-corrected chi connectivity index (χ2v) is 8.50. The van der Waals surface area contributed by atoms with Gasteiger partial charge in [-0.2, -0.15) is 0 Å². The van der Waals surface area contributed by atoms with Crippen molar-refractivity contribution in [3.05, 3.63) is 24.0 Å². The lowest BCUT2D eigenvalue weighted by Gasteiger charge is -2.39. The maximum atomic E-state index is 12.8. The van der Waals surface area contributed by atoms with Crippen molar-refractivity contribution >= 4 is 5.97 Å². The van der Waals surface area contributed by atoms with Gasteiger partial charge in [0.15, 0.2) is 0 Å². The van der Waals surface area contributed by atoms with Gasteiger partial charge in [0.2, 0.25) is 6.43 Å². The first-order chi connectivity index (χ1) is 13.5. The molecule has 160 valence electrons. The summed E-state index contributed by atoms with van der Waals surface area (Å²) in [6, 6.07) is 0. The number of hydrogen-bond acceptors (Lipinski definition) is 2. The van der Waals surface area contributed by atoms with Gasteiger partial charge < -0.3 is 9.84 Å². The van der Waals surface area contributed by atoms with Crippen LogP contribution < -0.4 is 0 Å². The van der Waals surface area contributed by atoms with Crippen LogP contribution in [0.25, 0.3) is 0 Å². The Kier molecular flexibility index (Phi) is 9.46. The molecule has 0 aromatic rings. The molecule has 1 unspecified atom stereocenters. The third-order valence-electron chi connectivity index (χ3n) is 6.46. The lowest BCUT2D eigenvalue weighted by atomic mass is 9.65. The maximum Gasteiger partial charge on any atom is 0.309 e. The quantitative estimate of drug-likeness (QED) is 0.370. The summed E-state index contributed by atoms with van der Waals surface area (Å²) in [6.07, 6.45) is 13.7. The van der Waals surface area contributed by atoms with Gasteiger partial charge in [0.25, 0.3) is 0 Å². The molecule has 2 aliphatic carbocycles. The summed E-state index contributed by atoms with van der Waals surface area (Å²) >= 11 is 0. The van der Waals surface area contributed by atoms with Gasteiger partial charge in [-0.1, -0.05) is 45.1 Å². The van der Waals surface area contributed by atoms with Crippen LogP contribution in [0.1, 0.15) is 84.0 Å². The highest BCUT2D eigenvalue weighted by Gasteiger charge is 2.44. The molecule has 1 atom stereocenters. The van der Waals surface area contributed by atoms with Crippen molar-refractivity contribution in [3.63, 3.8) is 0 Å². The summed E-state index contributed by atoms with van der Waals surface area (Å²) in [5.74, 6) is 0.603. The summed E-state index contributed by atoms with van der Waals surface area (Å²) in [7, 11) is 0. The lowest BCUT2D eigenvalue weighted by molar-refractivity contribution is -0.155. The smallest absolute Gasteiger partial charge is 0.309 e. The highest BCUT2D eigenvalue weighted by atomic mass is 19.3. The van der Waals surface area contributed by atoms with Gasteiger partial charge in [-0.3, -0.25) is 4.79 Å². The number of rotatable bonds is 12. The molecule has 0 spiro atoms. The molecule has 0 amide bonds. The molecular formula is C23H36F2O3. The van der Waals surface area contributed by atoms with Crippen LogP contribution in [0.3, 0.4) is 0 Å². The Morgan fingerprint density at radius 3 is 2.46 bits per heavy atom. The van der Waals surface area contributed by atoms with E-state index < -0.39 is 24.2 Å². The standard InChI is InChI=1S/C23H36F2O3/c1-2-3-4-5-6-7-16-28-20-10-8-18(9-11-20)19-12-14-23(15-13-19,22(26)27)17-21(24)25/h8,10-11,18-19,21H,2-7,9,12-17H2,1H3,(H,26,27)/t18?,19-,23-. The first-order valence-electron chi connectivity index (χ1n) is 11.0. The summed E-state index contributed by atoms with van der Waals surface area (Å²) in [5.41, 5.74) is -1.23. The zero-order valence-electron chi connectivity index (χ0n) is 17.2. The first kappa shape index (κ1) is 22.9. The van der Waals surface area contributed by atoms with Crippen LogP contribution in [0.15, 0.2) is 24.0 Å². The highest BCUT2D eigenvalue weighted by molar-refractivity contribution is 5.74. The van der Waals surface area contributed by atoms with E-state index in [1.54, 1.807) is 0 Å². The fraction of sp³-hybridized carbons (Fsp3) is 0.783. The highest BCUT2D eigenvalue weighted by Crippen LogP contribution is 2.46. The SMILES string of the molecule is CCCCCCCCOC1=CCC([C@H]2CC[C@](CC(F)F)(C(=O)O)CC2)C=C1. The molecule has 3 nitrogen and oxygen atoms in total. The second-order valence-electron chi connectivity index (χ2n) is 8.50. The van der Waals surface area contributed by atoms with Gasteiger partial charge in [0.1, 0.15) is 5.76 Å². The lowest BCUT2D eigenvalue weighted by Crippen LogP contribution is -2.38. The molecule has 0 saturated heterocycles. The molecule has 0 aromatic heterocycles. The number of unbranched alkanes of at least 4 members (excludes halogenated alkanes) is 5. The van der Waals surface area contributed by atoms with E-state index in [0.717, 1.165) is 25.2 Å². The molecule has 5 heteroatoms. The molecule has 0 aliphatic heterocycles. The normalized spacial score (nSPS) is 27.6. The van der Waals surface area contributed by atoms with Crippen LogP contribution in [0.5, 0.6) is 0 Å². The van der Waals surface area contributed by atoms with Crippen molar-refractivity contribution in [3.8, 4) is 0 Å². The van der Waals surface area contributed by atoms with Gasteiger partial charge in [0.05, 0.1) is 12.0 Å². The first-order valence-corrected chi connectivity index (χ1v) is 11.0. The van der Waals surface area contributed by atoms with Crippen molar-refractivity contribution in [2.24, 2.45) is 17.3 Å². The molecule has 1 N–H and O–H groups in total. The summed E-state index contributed by atoms with van der Waals surface area (Å²) < 4.78 is 31.5. The topological polar surface area (TPSA) is 46.5 Å². The van der Waals surface area contributed by atoms with Crippen LogP contribution in [0.4, 0.5) is 8.78 Å². The molecule has 2 aliphatic rings.